The molecule has 14 heavy (non-hydrogen) atoms. The van der Waals surface area contributed by atoms with Crippen LogP contribution in [0.25, 0.3) is 0 Å². The minimum absolute atomic E-state index is 0.217. The number of aryl methyl sites for hydroxylation is 1. The minimum atomic E-state index is -3.29. The van der Waals surface area contributed by atoms with Crippen molar-refractivity contribution in [3.63, 3.8) is 0 Å². The van der Waals surface area contributed by atoms with E-state index >= 15 is 0 Å². The van der Waals surface area contributed by atoms with Gasteiger partial charge in [-0.15, -0.1) is 0 Å². The van der Waals surface area contributed by atoms with Crippen molar-refractivity contribution in [1.82, 2.24) is 0 Å². The highest BCUT2D eigenvalue weighted by atomic mass is 32.2. The fraction of sp³-hybridized carbons (Fsp3) is 0.400. The summed E-state index contributed by atoms with van der Waals surface area (Å²) in [7, 11) is -3.29. The molecular formula is C10H13FO2S. The third kappa shape index (κ3) is 1.95. The lowest BCUT2D eigenvalue weighted by molar-refractivity contribution is 0.585. The summed E-state index contributed by atoms with van der Waals surface area (Å²) in [6.45, 7) is 4.81. The predicted molar refractivity (Wildman–Crippen MR) is 53.5 cm³/mol. The van der Waals surface area contributed by atoms with Crippen LogP contribution in [0.5, 0.6) is 0 Å². The van der Waals surface area contributed by atoms with Crippen molar-refractivity contribution in [3.8, 4) is 0 Å². The van der Waals surface area contributed by atoms with Crippen LogP contribution < -0.4 is 0 Å². The molecule has 2 nitrogen and oxygen atoms in total. The molecule has 0 unspecified atom stereocenters. The summed E-state index contributed by atoms with van der Waals surface area (Å²) in [5.41, 5.74) is 0.457. The Balaban J connectivity index is 3.35. The van der Waals surface area contributed by atoms with Crippen LogP contribution in [-0.4, -0.2) is 13.7 Å². The van der Waals surface area contributed by atoms with Crippen LogP contribution in [0.1, 0.15) is 19.4 Å². The molecule has 0 radical (unpaired) electrons. The second-order valence-electron chi connectivity index (χ2n) is 3.50. The zero-order valence-corrected chi connectivity index (χ0v) is 9.23. The van der Waals surface area contributed by atoms with Crippen LogP contribution in [0.3, 0.4) is 0 Å². The van der Waals surface area contributed by atoms with E-state index in [-0.39, 0.29) is 4.90 Å². The van der Waals surface area contributed by atoms with Crippen LogP contribution in [0, 0.1) is 12.7 Å². The van der Waals surface area contributed by atoms with E-state index in [1.165, 1.54) is 18.2 Å². The zero-order chi connectivity index (χ0) is 10.9. The molecule has 1 rings (SSSR count). The Hall–Kier alpha value is -0.900. The lowest BCUT2D eigenvalue weighted by atomic mass is 10.2. The van der Waals surface area contributed by atoms with Gasteiger partial charge < -0.3 is 0 Å². The number of benzene rings is 1. The molecule has 1 aromatic carbocycles. The van der Waals surface area contributed by atoms with Crippen LogP contribution in [0.2, 0.25) is 0 Å². The first-order chi connectivity index (χ1) is 6.35. The highest BCUT2D eigenvalue weighted by Crippen LogP contribution is 2.20. The molecule has 0 amide bonds. The van der Waals surface area contributed by atoms with Crippen molar-refractivity contribution in [2.24, 2.45) is 0 Å². The quantitative estimate of drug-likeness (QED) is 0.711. The predicted octanol–water partition coefficient (Wildman–Crippen LogP) is 2.32. The summed E-state index contributed by atoms with van der Waals surface area (Å²) in [5, 5.41) is -0.480. The number of rotatable bonds is 2. The largest absolute Gasteiger partial charge is 0.223 e. The van der Waals surface area contributed by atoms with Gasteiger partial charge in [0.05, 0.1) is 10.1 Å². The fourth-order valence-electron chi connectivity index (χ4n) is 1.19. The Labute approximate surface area is 83.7 Å². The Bertz CT molecular complexity index is 435. The van der Waals surface area contributed by atoms with Gasteiger partial charge in [-0.2, -0.15) is 0 Å². The molecule has 0 bridgehead atoms. The smallest absolute Gasteiger partial charge is 0.180 e. The van der Waals surface area contributed by atoms with Crippen LogP contribution in [0.15, 0.2) is 23.1 Å². The molecule has 0 fully saturated rings. The van der Waals surface area contributed by atoms with Gasteiger partial charge in [0.2, 0.25) is 0 Å². The Morgan fingerprint density at radius 2 is 1.86 bits per heavy atom. The topological polar surface area (TPSA) is 34.1 Å². The summed E-state index contributed by atoms with van der Waals surface area (Å²) in [6, 6.07) is 3.72. The van der Waals surface area contributed by atoms with E-state index in [1.807, 2.05) is 0 Å². The van der Waals surface area contributed by atoms with Gasteiger partial charge in [-0.25, -0.2) is 12.8 Å². The molecule has 0 aromatic heterocycles. The Morgan fingerprint density at radius 1 is 1.29 bits per heavy atom. The molecule has 0 saturated carbocycles. The van der Waals surface area contributed by atoms with Gasteiger partial charge in [-0.05, 0) is 44.5 Å². The summed E-state index contributed by atoms with van der Waals surface area (Å²) < 4.78 is 36.2. The summed E-state index contributed by atoms with van der Waals surface area (Å²) in [6.07, 6.45) is 0. The Morgan fingerprint density at radius 3 is 2.29 bits per heavy atom. The average molecular weight is 216 g/mol. The summed E-state index contributed by atoms with van der Waals surface area (Å²) in [4.78, 5) is 0.217. The molecule has 0 N–H and O–H groups in total. The van der Waals surface area contributed by atoms with Gasteiger partial charge in [0.25, 0.3) is 0 Å². The van der Waals surface area contributed by atoms with E-state index in [0.29, 0.717) is 5.56 Å². The molecule has 4 heteroatoms. The molecule has 0 heterocycles. The maximum Gasteiger partial charge on any atom is 0.180 e. The minimum Gasteiger partial charge on any atom is -0.223 e. The highest BCUT2D eigenvalue weighted by Gasteiger charge is 2.21. The first kappa shape index (κ1) is 11.2. The molecule has 0 atom stereocenters. The second kappa shape index (κ2) is 3.69. The zero-order valence-electron chi connectivity index (χ0n) is 8.41. The van der Waals surface area contributed by atoms with Gasteiger partial charge in [-0.1, -0.05) is 0 Å². The first-order valence-corrected chi connectivity index (χ1v) is 5.90. The van der Waals surface area contributed by atoms with Gasteiger partial charge in [0.1, 0.15) is 5.82 Å². The molecule has 0 spiro atoms. The fourth-order valence-corrected chi connectivity index (χ4v) is 2.46. The second-order valence-corrected chi connectivity index (χ2v) is 5.98. The monoisotopic (exact) mass is 216 g/mol. The van der Waals surface area contributed by atoms with E-state index in [1.54, 1.807) is 20.8 Å². The third-order valence-electron chi connectivity index (χ3n) is 2.06. The van der Waals surface area contributed by atoms with E-state index < -0.39 is 20.9 Å². The third-order valence-corrected chi connectivity index (χ3v) is 4.38. The van der Waals surface area contributed by atoms with E-state index in [4.69, 9.17) is 0 Å². The van der Waals surface area contributed by atoms with Crippen molar-refractivity contribution in [3.05, 3.63) is 29.6 Å². The normalized spacial score (nSPS) is 12.1. The standard InChI is InChI=1S/C10H13FO2S/c1-7(2)14(12,13)10-5-4-9(11)6-8(10)3/h4-7H,1-3H3. The maximum atomic E-state index is 12.7. The number of halogens is 1. The Kier molecular flexibility index (Phi) is 2.95. The van der Waals surface area contributed by atoms with Crippen LogP contribution in [0.4, 0.5) is 4.39 Å². The summed E-state index contributed by atoms with van der Waals surface area (Å²) in [5.74, 6) is -0.412. The first-order valence-electron chi connectivity index (χ1n) is 4.35. The van der Waals surface area contributed by atoms with Gasteiger partial charge in [0.15, 0.2) is 9.84 Å². The molecule has 1 aromatic rings. The van der Waals surface area contributed by atoms with Crippen molar-refractivity contribution in [2.75, 3.05) is 0 Å². The number of hydrogen-bond donors (Lipinski definition) is 0. The van der Waals surface area contributed by atoms with Crippen LogP contribution in [-0.2, 0) is 9.84 Å². The van der Waals surface area contributed by atoms with E-state index in [0.717, 1.165) is 0 Å². The van der Waals surface area contributed by atoms with E-state index in [2.05, 4.69) is 0 Å². The van der Waals surface area contributed by atoms with Crippen molar-refractivity contribution >= 4 is 9.84 Å². The van der Waals surface area contributed by atoms with Crippen molar-refractivity contribution in [2.45, 2.75) is 30.9 Å². The molecule has 0 aliphatic rings. The number of hydrogen-bond acceptors (Lipinski definition) is 2. The van der Waals surface area contributed by atoms with Crippen LogP contribution >= 0.6 is 0 Å². The van der Waals surface area contributed by atoms with Gasteiger partial charge >= 0.3 is 0 Å². The van der Waals surface area contributed by atoms with Crippen molar-refractivity contribution in [1.29, 1.82) is 0 Å². The van der Waals surface area contributed by atoms with E-state index in [9.17, 15) is 12.8 Å². The lowest BCUT2D eigenvalue weighted by Gasteiger charge is -2.10. The number of sulfone groups is 1. The maximum absolute atomic E-state index is 12.7. The van der Waals surface area contributed by atoms with Gasteiger partial charge in [-0.3, -0.25) is 0 Å². The highest BCUT2D eigenvalue weighted by molar-refractivity contribution is 7.92. The lowest BCUT2D eigenvalue weighted by Crippen LogP contribution is -2.15. The molecule has 0 saturated heterocycles. The summed E-state index contributed by atoms with van der Waals surface area (Å²) >= 11 is 0. The molecule has 78 valence electrons. The molecule has 0 aliphatic carbocycles. The molecule has 0 aliphatic heterocycles. The average Bonchev–Trinajstić information content (AvgIpc) is 2.02. The SMILES string of the molecule is Cc1cc(F)ccc1S(=O)(=O)C(C)C. The van der Waals surface area contributed by atoms with Gasteiger partial charge in [0, 0.05) is 0 Å². The molecular weight excluding hydrogens is 203 g/mol. The van der Waals surface area contributed by atoms with Crippen molar-refractivity contribution < 1.29 is 12.8 Å².